The molecule has 0 aliphatic carbocycles. The average molecular weight is 335 g/mol. The van der Waals surface area contributed by atoms with E-state index < -0.39 is 0 Å². The number of benzene rings is 2. The highest BCUT2D eigenvalue weighted by molar-refractivity contribution is 5.78. The van der Waals surface area contributed by atoms with Crippen LogP contribution in [0.3, 0.4) is 0 Å². The summed E-state index contributed by atoms with van der Waals surface area (Å²) in [6, 6.07) is 14.8. The molecule has 2 aromatic rings. The van der Waals surface area contributed by atoms with Crippen LogP contribution in [0, 0.1) is 5.41 Å². The number of ether oxygens (including phenoxy) is 2. The molecule has 0 atom stereocenters. The van der Waals surface area contributed by atoms with Crippen LogP contribution in [0.1, 0.15) is 30.5 Å². The Balaban J connectivity index is 1.77. The highest BCUT2D eigenvalue weighted by Gasteiger charge is 2.31. The predicted octanol–water partition coefficient (Wildman–Crippen LogP) is 4.51. The molecule has 0 unspecified atom stereocenters. The molecule has 0 radical (unpaired) electrons. The van der Waals surface area contributed by atoms with Crippen molar-refractivity contribution in [3.8, 4) is 11.5 Å². The van der Waals surface area contributed by atoms with Crippen molar-refractivity contribution in [2.24, 2.45) is 5.41 Å². The third-order valence-corrected chi connectivity index (χ3v) is 4.96. The van der Waals surface area contributed by atoms with Crippen molar-refractivity contribution in [3.63, 3.8) is 0 Å². The van der Waals surface area contributed by atoms with E-state index in [4.69, 9.17) is 9.47 Å². The average Bonchev–Trinajstić information content (AvgIpc) is 2.72. The number of hydrogen-bond donors (Lipinski definition) is 0. The zero-order valence-corrected chi connectivity index (χ0v) is 15.2. The summed E-state index contributed by atoms with van der Waals surface area (Å²) < 4.78 is 11.8. The van der Waals surface area contributed by atoms with Gasteiger partial charge in [0.1, 0.15) is 11.5 Å². The van der Waals surface area contributed by atoms with Crippen LogP contribution >= 0.6 is 0 Å². The van der Waals surface area contributed by atoms with Gasteiger partial charge in [0.2, 0.25) is 0 Å². The lowest BCUT2D eigenvalue weighted by atomic mass is 9.87. The van der Waals surface area contributed by atoms with Gasteiger partial charge in [-0.15, -0.1) is 0 Å². The fourth-order valence-corrected chi connectivity index (χ4v) is 3.88. The first-order valence-corrected chi connectivity index (χ1v) is 8.87. The van der Waals surface area contributed by atoms with Gasteiger partial charge in [0.15, 0.2) is 0 Å². The molecule has 0 aromatic heterocycles. The maximum Gasteiger partial charge on any atom is 0.127 e. The van der Waals surface area contributed by atoms with Crippen LogP contribution < -0.4 is 9.47 Å². The largest absolute Gasteiger partial charge is 0.496 e. The molecule has 0 fully saturated rings. The first-order chi connectivity index (χ1) is 12.1. The Morgan fingerprint density at radius 2 is 1.88 bits per heavy atom. The Morgan fingerprint density at radius 3 is 2.64 bits per heavy atom. The van der Waals surface area contributed by atoms with Crippen LogP contribution in [0.15, 0.2) is 48.5 Å². The SMILES string of the molecule is COc1ccc2c3c1CN(Cc1ccccc1)CC3=CC(C)(C)CO2. The molecule has 130 valence electrons. The highest BCUT2D eigenvalue weighted by atomic mass is 16.5. The van der Waals surface area contributed by atoms with E-state index in [2.05, 4.69) is 61.2 Å². The second-order valence-electron chi connectivity index (χ2n) is 7.70. The Kier molecular flexibility index (Phi) is 4.04. The second-order valence-corrected chi connectivity index (χ2v) is 7.70. The van der Waals surface area contributed by atoms with Gasteiger partial charge in [0, 0.05) is 36.2 Å². The molecule has 3 heteroatoms. The minimum atomic E-state index is 0.0224. The number of rotatable bonds is 3. The molecule has 4 rings (SSSR count). The number of methoxy groups -OCH3 is 1. The summed E-state index contributed by atoms with van der Waals surface area (Å²) in [7, 11) is 1.75. The van der Waals surface area contributed by atoms with Crippen molar-refractivity contribution in [1.29, 1.82) is 0 Å². The fourth-order valence-electron chi connectivity index (χ4n) is 3.88. The maximum atomic E-state index is 6.14. The summed E-state index contributed by atoms with van der Waals surface area (Å²) >= 11 is 0. The van der Waals surface area contributed by atoms with Crippen LogP contribution in [0.4, 0.5) is 0 Å². The van der Waals surface area contributed by atoms with Gasteiger partial charge in [-0.3, -0.25) is 4.90 Å². The van der Waals surface area contributed by atoms with Gasteiger partial charge in [-0.25, -0.2) is 0 Å². The van der Waals surface area contributed by atoms with Crippen molar-refractivity contribution in [1.82, 2.24) is 4.90 Å². The zero-order valence-electron chi connectivity index (χ0n) is 15.2. The summed E-state index contributed by atoms with van der Waals surface area (Å²) in [6.07, 6.45) is 2.39. The molecule has 2 aromatic carbocycles. The smallest absolute Gasteiger partial charge is 0.127 e. The van der Waals surface area contributed by atoms with E-state index in [9.17, 15) is 0 Å². The summed E-state index contributed by atoms with van der Waals surface area (Å²) in [5.74, 6) is 1.94. The van der Waals surface area contributed by atoms with Crippen molar-refractivity contribution in [2.75, 3.05) is 20.3 Å². The Bertz CT molecular complexity index is 808. The van der Waals surface area contributed by atoms with Gasteiger partial charge in [-0.1, -0.05) is 50.3 Å². The van der Waals surface area contributed by atoms with E-state index in [1.165, 1.54) is 22.3 Å². The van der Waals surface area contributed by atoms with Gasteiger partial charge in [0.05, 0.1) is 13.7 Å². The molecule has 2 heterocycles. The van der Waals surface area contributed by atoms with Gasteiger partial charge in [-0.05, 0) is 23.3 Å². The van der Waals surface area contributed by atoms with E-state index in [1.54, 1.807) is 7.11 Å². The van der Waals surface area contributed by atoms with Crippen LogP contribution in [0.2, 0.25) is 0 Å². The lowest BCUT2D eigenvalue weighted by molar-refractivity contribution is 0.224. The molecule has 0 amide bonds. The van der Waals surface area contributed by atoms with Crippen molar-refractivity contribution < 1.29 is 9.47 Å². The van der Waals surface area contributed by atoms with Crippen molar-refractivity contribution >= 4 is 5.57 Å². The van der Waals surface area contributed by atoms with Crippen LogP contribution in [0.25, 0.3) is 5.57 Å². The third-order valence-electron chi connectivity index (χ3n) is 4.96. The van der Waals surface area contributed by atoms with E-state index in [-0.39, 0.29) is 5.41 Å². The van der Waals surface area contributed by atoms with Crippen LogP contribution in [0.5, 0.6) is 11.5 Å². The Hall–Kier alpha value is -2.26. The highest BCUT2D eigenvalue weighted by Crippen LogP contribution is 2.44. The number of hydrogen-bond acceptors (Lipinski definition) is 3. The summed E-state index contributed by atoms with van der Waals surface area (Å²) in [5.41, 5.74) is 5.20. The minimum Gasteiger partial charge on any atom is -0.496 e. The summed E-state index contributed by atoms with van der Waals surface area (Å²) in [5, 5.41) is 0. The van der Waals surface area contributed by atoms with Gasteiger partial charge < -0.3 is 9.47 Å². The molecular weight excluding hydrogens is 310 g/mol. The monoisotopic (exact) mass is 335 g/mol. The first-order valence-electron chi connectivity index (χ1n) is 8.87. The zero-order chi connectivity index (χ0) is 17.4. The van der Waals surface area contributed by atoms with Crippen molar-refractivity contribution in [3.05, 3.63) is 65.2 Å². The fraction of sp³-hybridized carbons (Fsp3) is 0.364. The lowest BCUT2D eigenvalue weighted by Gasteiger charge is -2.32. The Labute approximate surface area is 149 Å². The molecule has 3 nitrogen and oxygen atoms in total. The van der Waals surface area contributed by atoms with Crippen molar-refractivity contribution in [2.45, 2.75) is 26.9 Å². The molecule has 2 aliphatic rings. The molecule has 0 bridgehead atoms. The van der Waals surface area contributed by atoms with E-state index >= 15 is 0 Å². The normalized spacial score (nSPS) is 18.6. The van der Waals surface area contributed by atoms with Gasteiger partial charge in [0.25, 0.3) is 0 Å². The quantitative estimate of drug-likeness (QED) is 0.823. The molecule has 0 spiro atoms. The summed E-state index contributed by atoms with van der Waals surface area (Å²) in [6.45, 7) is 7.93. The molecule has 25 heavy (non-hydrogen) atoms. The van der Waals surface area contributed by atoms with E-state index in [0.29, 0.717) is 6.61 Å². The van der Waals surface area contributed by atoms with E-state index in [1.807, 2.05) is 6.07 Å². The third kappa shape index (κ3) is 3.16. The standard InChI is InChI=1S/C22H25NO2/c1-22(2)11-17-13-23(12-16-7-5-4-6-8-16)14-18-19(24-3)9-10-20(21(17)18)25-15-22/h4-11H,12-15H2,1-3H3. The molecule has 0 saturated heterocycles. The summed E-state index contributed by atoms with van der Waals surface area (Å²) in [4.78, 5) is 2.48. The molecule has 2 aliphatic heterocycles. The Morgan fingerprint density at radius 1 is 1.08 bits per heavy atom. The van der Waals surface area contributed by atoms with Gasteiger partial charge >= 0.3 is 0 Å². The lowest BCUT2D eigenvalue weighted by Crippen LogP contribution is -2.30. The topological polar surface area (TPSA) is 21.7 Å². The minimum absolute atomic E-state index is 0.0224. The second kappa shape index (κ2) is 6.23. The van der Waals surface area contributed by atoms with E-state index in [0.717, 1.165) is 31.1 Å². The maximum absolute atomic E-state index is 6.14. The predicted molar refractivity (Wildman–Crippen MR) is 101 cm³/mol. The molecule has 0 N–H and O–H groups in total. The molecule has 0 saturated carbocycles. The first kappa shape index (κ1) is 16.2. The van der Waals surface area contributed by atoms with Gasteiger partial charge in [-0.2, -0.15) is 0 Å². The van der Waals surface area contributed by atoms with Crippen LogP contribution in [-0.2, 0) is 13.1 Å². The molecular formula is C22H25NO2. The van der Waals surface area contributed by atoms with Crippen LogP contribution in [-0.4, -0.2) is 25.2 Å². The number of nitrogens with zero attached hydrogens (tertiary/aromatic N) is 1.